The normalized spacial score (nSPS) is 25.1. The Morgan fingerprint density at radius 3 is 2.83 bits per heavy atom. The Bertz CT molecular complexity index is 399. The van der Waals surface area contributed by atoms with E-state index in [0.29, 0.717) is 17.4 Å². The third kappa shape index (κ3) is 3.15. The molecule has 1 saturated heterocycles. The van der Waals surface area contributed by atoms with Crippen molar-refractivity contribution in [3.63, 3.8) is 0 Å². The number of ether oxygens (including phenoxy) is 1. The van der Waals surface area contributed by atoms with Crippen LogP contribution in [0.25, 0.3) is 0 Å². The molecule has 1 fully saturated rings. The van der Waals surface area contributed by atoms with E-state index in [2.05, 4.69) is 11.8 Å². The number of likely N-dealkylation sites (tertiary alicyclic amines) is 1. The lowest BCUT2D eigenvalue weighted by atomic mass is 9.96. The van der Waals surface area contributed by atoms with E-state index in [1.165, 1.54) is 0 Å². The summed E-state index contributed by atoms with van der Waals surface area (Å²) in [7, 11) is 1.60. The van der Waals surface area contributed by atoms with E-state index in [9.17, 15) is 5.11 Å². The highest BCUT2D eigenvalue weighted by atomic mass is 16.5. The molecule has 4 heteroatoms. The number of nitrogens with two attached hydrogens (primary N) is 1. The summed E-state index contributed by atoms with van der Waals surface area (Å²) in [6.45, 7) is 4.91. The number of aromatic hydroxyl groups is 1. The Kier molecular flexibility index (Phi) is 4.09. The van der Waals surface area contributed by atoms with E-state index in [1.807, 2.05) is 12.1 Å². The Labute approximate surface area is 108 Å². The van der Waals surface area contributed by atoms with Gasteiger partial charge in [-0.15, -0.1) is 0 Å². The lowest BCUT2D eigenvalue weighted by molar-refractivity contribution is 0.157. The van der Waals surface area contributed by atoms with Gasteiger partial charge in [0.05, 0.1) is 7.11 Å². The van der Waals surface area contributed by atoms with Crippen molar-refractivity contribution in [1.29, 1.82) is 0 Å². The first kappa shape index (κ1) is 13.2. The van der Waals surface area contributed by atoms with E-state index < -0.39 is 0 Å². The molecule has 2 atom stereocenters. The van der Waals surface area contributed by atoms with Crippen molar-refractivity contribution in [1.82, 2.24) is 4.90 Å². The van der Waals surface area contributed by atoms with Crippen LogP contribution >= 0.6 is 0 Å². The molecule has 0 saturated carbocycles. The molecule has 0 bridgehead atoms. The standard InChI is InChI=1S/C14H22N2O2/c1-10-5-12(15)9-16(7-10)8-11-3-4-13(18-2)6-14(11)17/h3-4,6,10,12,17H,5,7-9,15H2,1-2H3. The van der Waals surface area contributed by atoms with Gasteiger partial charge in [0.1, 0.15) is 11.5 Å². The van der Waals surface area contributed by atoms with Gasteiger partial charge < -0.3 is 15.6 Å². The molecular weight excluding hydrogens is 228 g/mol. The predicted octanol–water partition coefficient (Wildman–Crippen LogP) is 1.57. The zero-order chi connectivity index (χ0) is 13.1. The summed E-state index contributed by atoms with van der Waals surface area (Å²) in [5.41, 5.74) is 6.96. The number of hydrogen-bond acceptors (Lipinski definition) is 4. The fourth-order valence-corrected chi connectivity index (χ4v) is 2.69. The fourth-order valence-electron chi connectivity index (χ4n) is 2.69. The van der Waals surface area contributed by atoms with Gasteiger partial charge in [-0.1, -0.05) is 13.0 Å². The van der Waals surface area contributed by atoms with Gasteiger partial charge in [-0.2, -0.15) is 0 Å². The van der Waals surface area contributed by atoms with Crippen molar-refractivity contribution in [2.75, 3.05) is 20.2 Å². The van der Waals surface area contributed by atoms with Crippen LogP contribution in [0.1, 0.15) is 18.9 Å². The second-order valence-corrected chi connectivity index (χ2v) is 5.29. The maximum atomic E-state index is 9.95. The SMILES string of the molecule is COc1ccc(CN2CC(C)CC(N)C2)c(O)c1. The fraction of sp³-hybridized carbons (Fsp3) is 0.571. The van der Waals surface area contributed by atoms with Gasteiger partial charge in [-0.3, -0.25) is 4.90 Å². The van der Waals surface area contributed by atoms with Crippen molar-refractivity contribution in [2.24, 2.45) is 11.7 Å². The zero-order valence-electron chi connectivity index (χ0n) is 11.1. The second kappa shape index (κ2) is 5.59. The van der Waals surface area contributed by atoms with Gasteiger partial charge in [0.2, 0.25) is 0 Å². The van der Waals surface area contributed by atoms with E-state index in [-0.39, 0.29) is 6.04 Å². The topological polar surface area (TPSA) is 58.7 Å². The van der Waals surface area contributed by atoms with Crippen molar-refractivity contribution in [3.8, 4) is 11.5 Å². The van der Waals surface area contributed by atoms with E-state index >= 15 is 0 Å². The first-order chi connectivity index (χ1) is 8.58. The van der Waals surface area contributed by atoms with E-state index in [1.54, 1.807) is 13.2 Å². The average molecular weight is 250 g/mol. The third-order valence-electron chi connectivity index (χ3n) is 3.45. The number of methoxy groups -OCH3 is 1. The molecule has 2 rings (SSSR count). The number of piperidine rings is 1. The summed E-state index contributed by atoms with van der Waals surface area (Å²) in [5.74, 6) is 1.59. The minimum atomic E-state index is 0.245. The molecule has 0 spiro atoms. The maximum Gasteiger partial charge on any atom is 0.123 e. The van der Waals surface area contributed by atoms with Crippen molar-refractivity contribution in [3.05, 3.63) is 23.8 Å². The highest BCUT2D eigenvalue weighted by Crippen LogP contribution is 2.26. The van der Waals surface area contributed by atoms with Crippen molar-refractivity contribution >= 4 is 0 Å². The molecule has 1 aromatic rings. The quantitative estimate of drug-likeness (QED) is 0.855. The largest absolute Gasteiger partial charge is 0.507 e. The number of rotatable bonds is 3. The van der Waals surface area contributed by atoms with Gasteiger partial charge >= 0.3 is 0 Å². The minimum Gasteiger partial charge on any atom is -0.507 e. The zero-order valence-corrected chi connectivity index (χ0v) is 11.1. The maximum absolute atomic E-state index is 9.95. The Balaban J connectivity index is 2.04. The van der Waals surface area contributed by atoms with Crippen molar-refractivity contribution < 1.29 is 9.84 Å². The van der Waals surface area contributed by atoms with Crippen LogP contribution in [0, 0.1) is 5.92 Å². The summed E-state index contributed by atoms with van der Waals surface area (Å²) in [4.78, 5) is 2.31. The lowest BCUT2D eigenvalue weighted by Gasteiger charge is -2.34. The molecule has 0 aromatic heterocycles. The molecule has 1 heterocycles. The number of nitrogens with zero attached hydrogens (tertiary/aromatic N) is 1. The number of benzene rings is 1. The van der Waals surface area contributed by atoms with Gasteiger partial charge in [-0.05, 0) is 18.4 Å². The van der Waals surface area contributed by atoms with Crippen LogP contribution in [0.2, 0.25) is 0 Å². The highest BCUT2D eigenvalue weighted by Gasteiger charge is 2.22. The molecule has 1 aromatic carbocycles. The first-order valence-electron chi connectivity index (χ1n) is 6.42. The molecule has 2 unspecified atom stereocenters. The lowest BCUT2D eigenvalue weighted by Crippen LogP contribution is -2.45. The van der Waals surface area contributed by atoms with Crippen LogP contribution in [-0.2, 0) is 6.54 Å². The number of phenolic OH excluding ortho intramolecular Hbond substituents is 1. The van der Waals surface area contributed by atoms with E-state index in [4.69, 9.17) is 10.5 Å². The Morgan fingerprint density at radius 2 is 2.22 bits per heavy atom. The highest BCUT2D eigenvalue weighted by molar-refractivity contribution is 5.39. The van der Waals surface area contributed by atoms with Crippen LogP contribution in [-0.4, -0.2) is 36.2 Å². The summed E-state index contributed by atoms with van der Waals surface area (Å²) in [6, 6.07) is 5.69. The Hall–Kier alpha value is -1.26. The summed E-state index contributed by atoms with van der Waals surface area (Å²) >= 11 is 0. The summed E-state index contributed by atoms with van der Waals surface area (Å²) in [6.07, 6.45) is 1.09. The smallest absolute Gasteiger partial charge is 0.123 e. The number of phenols is 1. The van der Waals surface area contributed by atoms with Gasteiger partial charge in [0.25, 0.3) is 0 Å². The second-order valence-electron chi connectivity index (χ2n) is 5.29. The molecule has 18 heavy (non-hydrogen) atoms. The van der Waals surface area contributed by atoms with Crippen molar-refractivity contribution in [2.45, 2.75) is 25.9 Å². The molecule has 0 amide bonds. The van der Waals surface area contributed by atoms with E-state index in [0.717, 1.165) is 31.6 Å². The molecule has 4 nitrogen and oxygen atoms in total. The molecule has 0 radical (unpaired) electrons. The third-order valence-corrected chi connectivity index (χ3v) is 3.45. The minimum absolute atomic E-state index is 0.245. The van der Waals surface area contributed by atoms with Crippen LogP contribution in [0.4, 0.5) is 0 Å². The molecule has 3 N–H and O–H groups in total. The molecular formula is C14H22N2O2. The molecule has 1 aliphatic rings. The van der Waals surface area contributed by atoms with Crippen LogP contribution < -0.4 is 10.5 Å². The average Bonchev–Trinajstić information content (AvgIpc) is 2.30. The summed E-state index contributed by atoms with van der Waals surface area (Å²) in [5, 5.41) is 9.95. The Morgan fingerprint density at radius 1 is 1.44 bits per heavy atom. The van der Waals surface area contributed by atoms with Crippen LogP contribution in [0.3, 0.4) is 0 Å². The molecule has 100 valence electrons. The molecule has 0 aliphatic carbocycles. The van der Waals surface area contributed by atoms with Gasteiger partial charge in [0.15, 0.2) is 0 Å². The number of hydrogen-bond donors (Lipinski definition) is 2. The predicted molar refractivity (Wildman–Crippen MR) is 71.7 cm³/mol. The van der Waals surface area contributed by atoms with Gasteiger partial charge in [-0.25, -0.2) is 0 Å². The summed E-state index contributed by atoms with van der Waals surface area (Å²) < 4.78 is 5.08. The monoisotopic (exact) mass is 250 g/mol. The van der Waals surface area contributed by atoms with Crippen LogP contribution in [0.15, 0.2) is 18.2 Å². The van der Waals surface area contributed by atoms with Crippen LogP contribution in [0.5, 0.6) is 11.5 Å². The first-order valence-corrected chi connectivity index (χ1v) is 6.42. The van der Waals surface area contributed by atoms with Gasteiger partial charge in [0, 0.05) is 37.3 Å². The molecule has 1 aliphatic heterocycles.